The summed E-state index contributed by atoms with van der Waals surface area (Å²) in [4.78, 5) is 40.3. The fraction of sp³-hybridized carbons (Fsp3) is 0.301. The zero-order valence-electron chi connectivity index (χ0n) is 51.8. The Hall–Kier alpha value is -9.05. The van der Waals surface area contributed by atoms with E-state index in [1.54, 1.807) is 44.6 Å². The molecule has 476 valence electrons. The third-order valence-electron chi connectivity index (χ3n) is 16.6. The number of aliphatic carboxylic acids is 1. The van der Waals surface area contributed by atoms with Crippen LogP contribution in [0.2, 0.25) is 0 Å². The third-order valence-corrected chi connectivity index (χ3v) is 18.2. The van der Waals surface area contributed by atoms with Gasteiger partial charge in [0.2, 0.25) is 0 Å². The molecule has 5 atom stereocenters. The molecule has 17 nitrogen and oxygen atoms in total. The van der Waals surface area contributed by atoms with E-state index in [-0.39, 0.29) is 36.4 Å². The predicted octanol–water partition coefficient (Wildman–Crippen LogP) is 14.2. The van der Waals surface area contributed by atoms with Crippen molar-refractivity contribution in [2.45, 2.75) is 106 Å². The number of benzene rings is 7. The number of fused-ring (bicyclic) bond motifs is 1. The van der Waals surface area contributed by atoms with Crippen molar-refractivity contribution in [3.8, 4) is 23.8 Å². The zero-order valence-corrected chi connectivity index (χ0v) is 52.7. The summed E-state index contributed by atoms with van der Waals surface area (Å²) in [5.74, 6) is 1.83. The number of carboxylic acid groups (broad SMARTS) is 1. The molecule has 7 aromatic carbocycles. The molecule has 0 aliphatic carbocycles. The van der Waals surface area contributed by atoms with E-state index in [2.05, 4.69) is 33.2 Å². The van der Waals surface area contributed by atoms with Crippen LogP contribution in [-0.2, 0) is 55.0 Å². The van der Waals surface area contributed by atoms with Gasteiger partial charge in [0.05, 0.1) is 27.2 Å². The fourth-order valence-electron chi connectivity index (χ4n) is 11.9. The maximum atomic E-state index is 16.7. The number of carbonyl (C=O) groups excluding carboxylic acids is 1. The summed E-state index contributed by atoms with van der Waals surface area (Å²) >= 11 is 0. The Balaban J connectivity index is 1.07. The first-order chi connectivity index (χ1) is 44.9. The first-order valence-electron chi connectivity index (χ1n) is 31.0. The fourth-order valence-corrected chi connectivity index (χ4v) is 13.3. The van der Waals surface area contributed by atoms with Gasteiger partial charge in [0.25, 0.3) is 0 Å². The van der Waals surface area contributed by atoms with Crippen LogP contribution in [0.15, 0.2) is 207 Å². The van der Waals surface area contributed by atoms with Crippen molar-refractivity contribution < 1.29 is 56.4 Å². The highest BCUT2D eigenvalue weighted by atomic mass is 31.2. The number of esters is 1. The summed E-state index contributed by atoms with van der Waals surface area (Å²) < 4.78 is 77.8. The van der Waals surface area contributed by atoms with Gasteiger partial charge >= 0.3 is 25.8 Å². The molecule has 1 fully saturated rings. The van der Waals surface area contributed by atoms with Crippen molar-refractivity contribution in [1.82, 2.24) is 24.6 Å². The Morgan fingerprint density at radius 2 is 1.21 bits per heavy atom. The highest BCUT2D eigenvalue weighted by molar-refractivity contribution is 7.51. The van der Waals surface area contributed by atoms with Gasteiger partial charge in [-0.1, -0.05) is 234 Å². The van der Waals surface area contributed by atoms with Gasteiger partial charge in [0.15, 0.2) is 29.2 Å². The summed E-state index contributed by atoms with van der Waals surface area (Å²) in [6.07, 6.45) is 12.6. The number of methoxy groups -OCH3 is 2. The molecular weight excluding hydrogens is 1190 g/mol. The number of terminal acetylenes is 1. The number of halogens is 1. The van der Waals surface area contributed by atoms with Crippen molar-refractivity contribution in [3.05, 3.63) is 252 Å². The number of ether oxygens (including phenoxy) is 5. The predicted molar refractivity (Wildman–Crippen MR) is 349 cm³/mol. The average molecular weight is 1260 g/mol. The normalized spacial score (nSPS) is 16.7. The van der Waals surface area contributed by atoms with Crippen LogP contribution in [0.25, 0.3) is 11.2 Å². The first-order valence-corrected chi connectivity index (χ1v) is 32.5. The monoisotopic (exact) mass is 1260 g/mol. The summed E-state index contributed by atoms with van der Waals surface area (Å²) in [5, 5.41) is 17.0. The van der Waals surface area contributed by atoms with E-state index in [4.69, 9.17) is 44.1 Å². The van der Waals surface area contributed by atoms with Crippen molar-refractivity contribution in [3.63, 3.8) is 0 Å². The Morgan fingerprint density at radius 1 is 0.707 bits per heavy atom. The van der Waals surface area contributed by atoms with Gasteiger partial charge in [-0.2, -0.15) is 14.4 Å². The maximum absolute atomic E-state index is 16.7. The van der Waals surface area contributed by atoms with E-state index < -0.39 is 74.1 Å². The minimum absolute atomic E-state index is 0.00107. The number of hydrogen-bond acceptors (Lipinski definition) is 14. The van der Waals surface area contributed by atoms with E-state index in [9.17, 15) is 14.7 Å². The molecule has 10 rings (SSSR count). The molecule has 92 heavy (non-hydrogen) atoms. The number of nitrogens with one attached hydrogen (secondary N) is 2. The Morgan fingerprint density at radius 3 is 1.74 bits per heavy atom. The molecule has 2 aromatic heterocycles. The second-order valence-corrected chi connectivity index (χ2v) is 24.3. The summed E-state index contributed by atoms with van der Waals surface area (Å²) in [6, 6.07) is 60.5. The van der Waals surface area contributed by atoms with Gasteiger partial charge in [-0.3, -0.25) is 18.4 Å². The number of unbranched alkanes of at least 4 members (excludes halogenated alkanes) is 7. The second kappa shape index (κ2) is 30.8. The topological polar surface area (TPSA) is 204 Å². The smallest absolute Gasteiger partial charge is 0.406 e. The molecule has 1 saturated heterocycles. The number of nitrogens with zero attached hydrogens (tertiary/aromatic N) is 4. The third kappa shape index (κ3) is 15.1. The molecule has 9 aromatic rings. The highest BCUT2D eigenvalue weighted by Gasteiger charge is 2.56. The number of carboxylic acids is 1. The highest BCUT2D eigenvalue weighted by Crippen LogP contribution is 2.52. The van der Waals surface area contributed by atoms with Crippen LogP contribution in [0.3, 0.4) is 0 Å². The zero-order chi connectivity index (χ0) is 64.4. The lowest BCUT2D eigenvalue weighted by Gasteiger charge is -2.41. The Labute approximate surface area is 536 Å². The standard InChI is InChI=1S/C73H76FN6O11P/c1-5-7-8-9-10-11-12-28-47-87-65(81)50-88-92(84,79-62(69(82)83)48-53-29-18-13-19-30-53)89-51-71(6-2)63(90-73(57-35-24-16-25-36-57,58-37-26-17-27-38-58)59-41-45-61(86-4)46-42-59)49-64(91-71)80-52-75-66-67(76-70(74)77-68(66)80)78-72(54-31-20-14-21-32-54,55-33-22-15-23-34-55)56-39-43-60(85-3)44-40-56/h2,13-27,29-46,52,62-64H,5,7-12,28,47-51H2,1,3-4H3,(H,79,84)(H,82,83)(H,76,77,78)/t62?,63-,64+,71+,92?/m0/s1. The lowest BCUT2D eigenvalue weighted by molar-refractivity contribution is -0.147. The SMILES string of the molecule is C#C[C@]1(COP(=O)(NC(Cc2ccccc2)C(=O)O)OCC(=O)OCCCCCCCCCC)O[C@@H](n2cnc3c(NC(c4ccccc4)(c4ccccc4)c4ccc(OC)cc4)nc(F)nc32)C[C@@H]1OC(c1ccccc1)(c1ccccc1)c1ccc(OC)cc1. The molecule has 3 heterocycles. The number of hydrogen-bond donors (Lipinski definition) is 3. The van der Waals surface area contributed by atoms with E-state index >= 15 is 8.96 Å². The Kier molecular flexibility index (Phi) is 22.1. The van der Waals surface area contributed by atoms with Crippen LogP contribution in [0.1, 0.15) is 110 Å². The molecule has 2 unspecified atom stereocenters. The maximum Gasteiger partial charge on any atom is 0.406 e. The van der Waals surface area contributed by atoms with Gasteiger partial charge in [-0.15, -0.1) is 6.42 Å². The van der Waals surface area contributed by atoms with E-state index in [0.29, 0.717) is 40.2 Å². The summed E-state index contributed by atoms with van der Waals surface area (Å²) in [7, 11) is -1.80. The molecule has 0 spiro atoms. The van der Waals surface area contributed by atoms with Crippen molar-refractivity contribution in [2.75, 3.05) is 39.4 Å². The van der Waals surface area contributed by atoms with E-state index in [1.165, 1.54) is 23.7 Å². The number of aromatic nitrogens is 4. The number of rotatable bonds is 33. The minimum Gasteiger partial charge on any atom is -0.497 e. The largest absolute Gasteiger partial charge is 0.497 e. The molecule has 19 heteroatoms. The first kappa shape index (κ1) is 65.9. The minimum atomic E-state index is -4.97. The molecule has 0 bridgehead atoms. The molecular formula is C73H76FN6O11P. The number of carbonyl (C=O) groups is 2. The molecule has 0 radical (unpaired) electrons. The molecule has 1 aliphatic heterocycles. The van der Waals surface area contributed by atoms with Gasteiger partial charge in [0.1, 0.15) is 47.6 Å². The van der Waals surface area contributed by atoms with Crippen molar-refractivity contribution in [1.29, 1.82) is 0 Å². The average Bonchev–Trinajstić information content (AvgIpc) is 1.31. The van der Waals surface area contributed by atoms with E-state index in [0.717, 1.165) is 48.8 Å². The second-order valence-electron chi connectivity index (χ2n) is 22.5. The van der Waals surface area contributed by atoms with Crippen LogP contribution in [0, 0.1) is 18.4 Å². The van der Waals surface area contributed by atoms with Gasteiger partial charge < -0.3 is 34.1 Å². The number of anilines is 1. The lowest BCUT2D eigenvalue weighted by atomic mass is 9.77. The van der Waals surface area contributed by atoms with E-state index in [1.807, 2.05) is 170 Å². The van der Waals surface area contributed by atoms with Crippen LogP contribution in [-0.4, -0.2) is 88.4 Å². The summed E-state index contributed by atoms with van der Waals surface area (Å²) in [6.45, 7) is 0.579. The Bertz CT molecular complexity index is 3840. The summed E-state index contributed by atoms with van der Waals surface area (Å²) in [5.41, 5.74) is 0.266. The number of imidazole rings is 1. The van der Waals surface area contributed by atoms with Gasteiger partial charge in [0, 0.05) is 6.42 Å². The van der Waals surface area contributed by atoms with Gasteiger partial charge in [-0.25, -0.2) is 19.4 Å². The van der Waals surface area contributed by atoms with Crippen LogP contribution >= 0.6 is 7.75 Å². The molecule has 3 N–H and O–H groups in total. The van der Waals surface area contributed by atoms with Crippen molar-refractivity contribution >= 4 is 36.7 Å². The molecule has 0 saturated carbocycles. The molecule has 0 amide bonds. The van der Waals surface area contributed by atoms with Crippen molar-refractivity contribution in [2.24, 2.45) is 0 Å². The van der Waals surface area contributed by atoms with Crippen LogP contribution < -0.4 is 19.9 Å². The van der Waals surface area contributed by atoms with Crippen LogP contribution in [0.5, 0.6) is 11.5 Å². The lowest BCUT2D eigenvalue weighted by Crippen LogP contribution is -2.49. The quantitative estimate of drug-likeness (QED) is 0.00874. The van der Waals surface area contributed by atoms with Gasteiger partial charge in [-0.05, 0) is 76.1 Å². The van der Waals surface area contributed by atoms with Crippen LogP contribution in [0.4, 0.5) is 10.2 Å². The molecule has 1 aliphatic rings.